The van der Waals surface area contributed by atoms with Crippen LogP contribution in [0.25, 0.3) is 0 Å². The van der Waals surface area contributed by atoms with Gasteiger partial charge in [-0.3, -0.25) is 14.4 Å². The number of carbonyl (C=O) groups is 3. The van der Waals surface area contributed by atoms with Gasteiger partial charge < -0.3 is 15.0 Å². The van der Waals surface area contributed by atoms with Gasteiger partial charge >= 0.3 is 12.1 Å². The van der Waals surface area contributed by atoms with Crippen LogP contribution in [-0.2, 0) is 25.3 Å². The molecule has 1 heterocycles. The number of nitrogens with one attached hydrogen (secondary N) is 1. The number of amides is 2. The number of ether oxygens (including phenoxy) is 1. The lowest BCUT2D eigenvalue weighted by molar-refractivity contribution is -0.151. The number of carbonyl (C=O) groups excluding carboxylic acids is 3. The summed E-state index contributed by atoms with van der Waals surface area (Å²) in [6.07, 6.45) is -4.63. The lowest BCUT2D eigenvalue weighted by Crippen LogP contribution is -2.28. The summed E-state index contributed by atoms with van der Waals surface area (Å²) in [6, 6.07) is 10.7. The molecule has 30 heavy (non-hydrogen) atoms. The van der Waals surface area contributed by atoms with E-state index >= 15 is 0 Å². The molecule has 0 aliphatic carbocycles. The average Bonchev–Trinajstić information content (AvgIpc) is 3.07. The molecule has 2 amide bonds. The maximum absolute atomic E-state index is 12.7. The normalized spacial score (nSPS) is 16.5. The molecule has 0 bridgehead atoms. The van der Waals surface area contributed by atoms with E-state index in [9.17, 15) is 27.6 Å². The van der Waals surface area contributed by atoms with Gasteiger partial charge in [0.15, 0.2) is 6.61 Å². The van der Waals surface area contributed by atoms with Gasteiger partial charge in [-0.05, 0) is 36.4 Å². The molecule has 1 unspecified atom stereocenters. The second-order valence-corrected chi connectivity index (χ2v) is 7.06. The van der Waals surface area contributed by atoms with E-state index < -0.39 is 36.1 Å². The standard InChI is InChI=1S/C20H16ClF3N2O4/c21-14-4-2-6-16(9-14)26-10-12(7-18(26)28)19(29)30-11-17(27)25-15-5-1-3-13(8-15)20(22,23)24/h1-6,8-9,12H,7,10-11H2,(H,25,27). The van der Waals surface area contributed by atoms with Crippen molar-refractivity contribution in [2.75, 3.05) is 23.4 Å². The van der Waals surface area contributed by atoms with Crippen molar-refractivity contribution in [1.82, 2.24) is 0 Å². The van der Waals surface area contributed by atoms with Gasteiger partial charge in [0.1, 0.15) is 0 Å². The third-order valence-electron chi connectivity index (χ3n) is 4.40. The summed E-state index contributed by atoms with van der Waals surface area (Å²) in [7, 11) is 0. The number of alkyl halides is 3. The Bertz CT molecular complexity index is 981. The Morgan fingerprint density at radius 1 is 1.17 bits per heavy atom. The Labute approximate surface area is 174 Å². The monoisotopic (exact) mass is 440 g/mol. The zero-order valence-electron chi connectivity index (χ0n) is 15.4. The van der Waals surface area contributed by atoms with Gasteiger partial charge in [0.25, 0.3) is 5.91 Å². The molecule has 3 rings (SSSR count). The molecule has 1 fully saturated rings. The van der Waals surface area contributed by atoms with E-state index in [1.807, 2.05) is 0 Å². The first kappa shape index (κ1) is 21.6. The van der Waals surface area contributed by atoms with Crippen molar-refractivity contribution in [2.45, 2.75) is 12.6 Å². The smallest absolute Gasteiger partial charge is 0.416 e. The van der Waals surface area contributed by atoms with Crippen molar-refractivity contribution in [3.8, 4) is 0 Å². The Hall–Kier alpha value is -3.07. The van der Waals surface area contributed by atoms with E-state index in [1.165, 1.54) is 11.0 Å². The van der Waals surface area contributed by atoms with Crippen LogP contribution in [0.3, 0.4) is 0 Å². The van der Waals surface area contributed by atoms with Crippen LogP contribution in [0.5, 0.6) is 0 Å². The molecular formula is C20H16ClF3N2O4. The summed E-state index contributed by atoms with van der Waals surface area (Å²) < 4.78 is 43.1. The highest BCUT2D eigenvalue weighted by molar-refractivity contribution is 6.31. The van der Waals surface area contributed by atoms with Crippen LogP contribution in [0.1, 0.15) is 12.0 Å². The second-order valence-electron chi connectivity index (χ2n) is 6.62. The number of halogens is 4. The summed E-state index contributed by atoms with van der Waals surface area (Å²) in [4.78, 5) is 37.7. The topological polar surface area (TPSA) is 75.7 Å². The van der Waals surface area contributed by atoms with Gasteiger partial charge in [-0.2, -0.15) is 13.2 Å². The minimum absolute atomic E-state index is 0.0750. The largest absolute Gasteiger partial charge is 0.455 e. The van der Waals surface area contributed by atoms with E-state index in [4.69, 9.17) is 16.3 Å². The van der Waals surface area contributed by atoms with Gasteiger partial charge in [-0.25, -0.2) is 0 Å². The van der Waals surface area contributed by atoms with E-state index in [-0.39, 0.29) is 24.6 Å². The first-order valence-electron chi connectivity index (χ1n) is 8.83. The van der Waals surface area contributed by atoms with Crippen molar-refractivity contribution < 1.29 is 32.3 Å². The quantitative estimate of drug-likeness (QED) is 0.716. The SMILES string of the molecule is O=C(COC(=O)C1CC(=O)N(c2cccc(Cl)c2)C1)Nc1cccc(C(F)(F)F)c1. The van der Waals surface area contributed by atoms with Crippen LogP contribution in [-0.4, -0.2) is 30.9 Å². The fourth-order valence-electron chi connectivity index (χ4n) is 2.98. The van der Waals surface area contributed by atoms with Crippen molar-refractivity contribution in [3.05, 3.63) is 59.1 Å². The van der Waals surface area contributed by atoms with Crippen molar-refractivity contribution in [2.24, 2.45) is 5.92 Å². The van der Waals surface area contributed by atoms with Gasteiger partial charge in [-0.1, -0.05) is 23.7 Å². The number of esters is 1. The van der Waals surface area contributed by atoms with Gasteiger partial charge in [0.05, 0.1) is 11.5 Å². The highest BCUT2D eigenvalue weighted by Crippen LogP contribution is 2.31. The molecule has 1 aliphatic rings. The van der Waals surface area contributed by atoms with Crippen LogP contribution < -0.4 is 10.2 Å². The Morgan fingerprint density at radius 2 is 1.90 bits per heavy atom. The zero-order chi connectivity index (χ0) is 21.9. The van der Waals surface area contributed by atoms with Crippen molar-refractivity contribution in [3.63, 3.8) is 0 Å². The summed E-state index contributed by atoms with van der Waals surface area (Å²) in [6.45, 7) is -0.607. The highest BCUT2D eigenvalue weighted by Gasteiger charge is 2.36. The number of benzene rings is 2. The van der Waals surface area contributed by atoms with Crippen LogP contribution in [0.2, 0.25) is 5.02 Å². The number of hydrogen-bond acceptors (Lipinski definition) is 4. The van der Waals surface area contributed by atoms with Crippen LogP contribution >= 0.6 is 11.6 Å². The molecule has 0 aromatic heterocycles. The van der Waals surface area contributed by atoms with Crippen LogP contribution in [0.4, 0.5) is 24.5 Å². The number of rotatable bonds is 5. The van der Waals surface area contributed by atoms with Crippen LogP contribution in [0, 0.1) is 5.92 Å². The Morgan fingerprint density at radius 3 is 2.60 bits per heavy atom. The summed E-state index contributed by atoms with van der Waals surface area (Å²) in [5, 5.41) is 2.68. The molecule has 6 nitrogen and oxygen atoms in total. The molecule has 0 saturated carbocycles. The third kappa shape index (κ3) is 5.29. The molecule has 0 spiro atoms. The fourth-order valence-corrected chi connectivity index (χ4v) is 3.17. The highest BCUT2D eigenvalue weighted by atomic mass is 35.5. The van der Waals surface area contributed by atoms with Crippen molar-refractivity contribution >= 4 is 40.8 Å². The Kier molecular flexibility index (Phi) is 6.31. The summed E-state index contributed by atoms with van der Waals surface area (Å²) in [5.74, 6) is -2.59. The number of anilines is 2. The predicted molar refractivity (Wildman–Crippen MR) is 103 cm³/mol. The van der Waals surface area contributed by atoms with E-state index in [0.29, 0.717) is 10.7 Å². The maximum Gasteiger partial charge on any atom is 0.416 e. The zero-order valence-corrected chi connectivity index (χ0v) is 16.2. The molecule has 1 atom stereocenters. The second kappa shape index (κ2) is 8.74. The predicted octanol–water partition coefficient (Wildman–Crippen LogP) is 3.89. The molecule has 0 radical (unpaired) electrons. The molecule has 10 heteroatoms. The molecule has 2 aromatic rings. The number of nitrogens with zero attached hydrogens (tertiary/aromatic N) is 1. The minimum Gasteiger partial charge on any atom is -0.455 e. The lowest BCUT2D eigenvalue weighted by atomic mass is 10.1. The third-order valence-corrected chi connectivity index (χ3v) is 4.63. The molecular weight excluding hydrogens is 425 g/mol. The van der Waals surface area contributed by atoms with E-state index in [0.717, 1.165) is 18.2 Å². The molecule has 158 valence electrons. The maximum atomic E-state index is 12.7. The molecule has 2 aromatic carbocycles. The fraction of sp³-hybridized carbons (Fsp3) is 0.250. The first-order valence-corrected chi connectivity index (χ1v) is 9.21. The lowest BCUT2D eigenvalue weighted by Gasteiger charge is -2.16. The molecule has 1 aliphatic heterocycles. The average molecular weight is 441 g/mol. The number of hydrogen-bond donors (Lipinski definition) is 1. The van der Waals surface area contributed by atoms with Gasteiger partial charge in [-0.15, -0.1) is 0 Å². The molecule has 1 saturated heterocycles. The van der Waals surface area contributed by atoms with Gasteiger partial charge in [0, 0.05) is 29.4 Å². The Balaban J connectivity index is 1.53. The first-order chi connectivity index (χ1) is 14.1. The van der Waals surface area contributed by atoms with Gasteiger partial charge in [0.2, 0.25) is 5.91 Å². The van der Waals surface area contributed by atoms with E-state index in [1.54, 1.807) is 24.3 Å². The van der Waals surface area contributed by atoms with Crippen LogP contribution in [0.15, 0.2) is 48.5 Å². The van der Waals surface area contributed by atoms with E-state index in [2.05, 4.69) is 5.32 Å². The summed E-state index contributed by atoms with van der Waals surface area (Å²) >= 11 is 5.92. The van der Waals surface area contributed by atoms with Crippen molar-refractivity contribution in [1.29, 1.82) is 0 Å². The summed E-state index contributed by atoms with van der Waals surface area (Å²) in [5.41, 5.74) is -0.443. The minimum atomic E-state index is -4.54. The molecule has 1 N–H and O–H groups in total.